The van der Waals surface area contributed by atoms with Crippen molar-refractivity contribution in [1.82, 2.24) is 9.78 Å². The predicted octanol–water partition coefficient (Wildman–Crippen LogP) is 3.79. The summed E-state index contributed by atoms with van der Waals surface area (Å²) in [5.74, 6) is -1.01. The van der Waals surface area contributed by atoms with Gasteiger partial charge in [-0.05, 0) is 31.5 Å². The highest BCUT2D eigenvalue weighted by atomic mass is 16.6. The van der Waals surface area contributed by atoms with E-state index in [1.807, 2.05) is 13.0 Å². The summed E-state index contributed by atoms with van der Waals surface area (Å²) in [7, 11) is 0. The minimum atomic E-state index is -1.16. The average molecular weight is 410 g/mol. The fraction of sp³-hybridized carbons (Fsp3) is 0.150. The quantitative estimate of drug-likeness (QED) is 0.446. The number of carboxylic acids is 1. The highest BCUT2D eigenvalue weighted by Gasteiger charge is 2.20. The maximum atomic E-state index is 12.6. The molecule has 0 radical (unpaired) electrons. The number of benzene rings is 2. The fourth-order valence-electron chi connectivity index (χ4n) is 2.66. The number of aryl methyl sites for hydroxylation is 1. The van der Waals surface area contributed by atoms with Crippen LogP contribution >= 0.6 is 0 Å². The zero-order chi connectivity index (χ0) is 21.8. The van der Waals surface area contributed by atoms with E-state index in [2.05, 4.69) is 10.4 Å². The third kappa shape index (κ3) is 4.79. The second kappa shape index (κ2) is 8.43. The van der Waals surface area contributed by atoms with Crippen LogP contribution in [0.3, 0.4) is 0 Å². The van der Waals surface area contributed by atoms with E-state index in [0.717, 1.165) is 11.8 Å². The van der Waals surface area contributed by atoms with Gasteiger partial charge in [-0.2, -0.15) is 5.10 Å². The van der Waals surface area contributed by atoms with Crippen molar-refractivity contribution in [3.63, 3.8) is 0 Å². The number of ether oxygens (including phenoxy) is 1. The Labute approximate surface area is 170 Å². The molecule has 154 valence electrons. The minimum Gasteiger partial charge on any atom is -0.478 e. The first kappa shape index (κ1) is 20.5. The molecule has 3 rings (SSSR count). The summed E-state index contributed by atoms with van der Waals surface area (Å²) in [6, 6.07) is 10.2. The van der Waals surface area contributed by atoms with Crippen molar-refractivity contribution < 1.29 is 24.4 Å². The topological polar surface area (TPSA) is 137 Å². The van der Waals surface area contributed by atoms with Crippen LogP contribution in [-0.4, -0.2) is 31.7 Å². The zero-order valence-corrected chi connectivity index (χ0v) is 16.1. The van der Waals surface area contributed by atoms with Crippen LogP contribution in [0.2, 0.25) is 0 Å². The molecule has 0 aliphatic heterocycles. The van der Waals surface area contributed by atoms with Crippen LogP contribution < -0.4 is 10.1 Å². The predicted molar refractivity (Wildman–Crippen MR) is 107 cm³/mol. The second-order valence-electron chi connectivity index (χ2n) is 6.57. The number of rotatable bonds is 7. The molecule has 2 N–H and O–H groups in total. The maximum Gasteiger partial charge on any atom is 0.338 e. The van der Waals surface area contributed by atoms with Crippen LogP contribution in [0.25, 0.3) is 0 Å². The van der Waals surface area contributed by atoms with Gasteiger partial charge in [0.2, 0.25) is 5.91 Å². The van der Waals surface area contributed by atoms with E-state index in [0.29, 0.717) is 5.75 Å². The van der Waals surface area contributed by atoms with Crippen molar-refractivity contribution in [2.24, 2.45) is 0 Å². The summed E-state index contributed by atoms with van der Waals surface area (Å²) < 4.78 is 6.90. The Bertz CT molecular complexity index is 1120. The molecule has 2 aromatic carbocycles. The Hall–Kier alpha value is -4.21. The number of nitrogens with zero attached hydrogens (tertiary/aromatic N) is 3. The monoisotopic (exact) mass is 410 g/mol. The van der Waals surface area contributed by atoms with Gasteiger partial charge in [0.1, 0.15) is 17.5 Å². The largest absolute Gasteiger partial charge is 0.478 e. The summed E-state index contributed by atoms with van der Waals surface area (Å²) in [5, 5.41) is 26.7. The van der Waals surface area contributed by atoms with E-state index < -0.39 is 22.8 Å². The molecule has 1 atom stereocenters. The van der Waals surface area contributed by atoms with E-state index in [9.17, 15) is 19.7 Å². The van der Waals surface area contributed by atoms with Crippen molar-refractivity contribution >= 4 is 23.3 Å². The van der Waals surface area contributed by atoms with E-state index in [1.54, 1.807) is 18.2 Å². The number of hydrogen-bond acceptors (Lipinski definition) is 6. The Kier molecular flexibility index (Phi) is 5.77. The molecule has 1 aromatic heterocycles. The number of carbonyl (C=O) groups is 2. The first-order valence-corrected chi connectivity index (χ1v) is 8.85. The van der Waals surface area contributed by atoms with E-state index in [-0.39, 0.29) is 22.7 Å². The smallest absolute Gasteiger partial charge is 0.338 e. The zero-order valence-electron chi connectivity index (χ0n) is 16.1. The number of non-ortho nitro benzene ring substituents is 1. The third-order valence-corrected chi connectivity index (χ3v) is 4.22. The van der Waals surface area contributed by atoms with Crippen molar-refractivity contribution in [3.8, 4) is 11.5 Å². The molecule has 10 nitrogen and oxygen atoms in total. The molecule has 1 amide bonds. The van der Waals surface area contributed by atoms with Crippen LogP contribution in [0.1, 0.15) is 28.9 Å². The Morgan fingerprint density at radius 2 is 2.00 bits per heavy atom. The number of nitrogens with one attached hydrogen (secondary N) is 1. The SMILES string of the molecule is Cc1cccc(Oc2cc(NC(=O)C(C)n3cc(C(=O)O)cn3)cc([N+](=O)[O-])c2)c1. The molecule has 0 saturated heterocycles. The molecule has 0 aliphatic rings. The van der Waals surface area contributed by atoms with Crippen LogP contribution in [0, 0.1) is 17.0 Å². The number of nitro groups is 1. The molecular formula is C20H18N4O6. The second-order valence-corrected chi connectivity index (χ2v) is 6.57. The minimum absolute atomic E-state index is 0.0566. The average Bonchev–Trinajstić information content (AvgIpc) is 3.17. The number of amides is 1. The lowest BCUT2D eigenvalue weighted by atomic mass is 10.2. The van der Waals surface area contributed by atoms with Gasteiger partial charge in [0, 0.05) is 18.3 Å². The Balaban J connectivity index is 1.83. The van der Waals surface area contributed by atoms with Crippen molar-refractivity contribution in [2.45, 2.75) is 19.9 Å². The summed E-state index contributed by atoms with van der Waals surface area (Å²) in [5.41, 5.74) is 0.809. The van der Waals surface area contributed by atoms with Crippen LogP contribution in [0.4, 0.5) is 11.4 Å². The molecular weight excluding hydrogens is 392 g/mol. The van der Waals surface area contributed by atoms with Gasteiger partial charge in [0.25, 0.3) is 5.69 Å². The third-order valence-electron chi connectivity index (χ3n) is 4.22. The van der Waals surface area contributed by atoms with Gasteiger partial charge in [-0.25, -0.2) is 4.79 Å². The number of carbonyl (C=O) groups excluding carboxylic acids is 1. The molecule has 0 aliphatic carbocycles. The van der Waals surface area contributed by atoms with Gasteiger partial charge in [-0.15, -0.1) is 0 Å². The van der Waals surface area contributed by atoms with Crippen molar-refractivity contribution in [3.05, 3.63) is 76.1 Å². The molecule has 0 spiro atoms. The summed E-state index contributed by atoms with van der Waals surface area (Å²) in [6.07, 6.45) is 2.36. The molecule has 1 heterocycles. The molecule has 30 heavy (non-hydrogen) atoms. The number of aromatic carboxylic acids is 1. The Morgan fingerprint density at radius 1 is 1.23 bits per heavy atom. The molecule has 0 fully saturated rings. The number of nitro benzene ring substituents is 1. The maximum absolute atomic E-state index is 12.6. The lowest BCUT2D eigenvalue weighted by molar-refractivity contribution is -0.384. The van der Waals surface area contributed by atoms with Gasteiger partial charge in [0.15, 0.2) is 0 Å². The van der Waals surface area contributed by atoms with E-state index >= 15 is 0 Å². The number of anilines is 1. The normalized spacial score (nSPS) is 11.5. The molecule has 3 aromatic rings. The fourth-order valence-corrected chi connectivity index (χ4v) is 2.66. The highest BCUT2D eigenvalue weighted by molar-refractivity contribution is 5.94. The van der Waals surface area contributed by atoms with E-state index in [4.69, 9.17) is 9.84 Å². The molecule has 0 bridgehead atoms. The van der Waals surface area contributed by atoms with Gasteiger partial charge in [-0.3, -0.25) is 19.6 Å². The van der Waals surface area contributed by atoms with Crippen LogP contribution in [0.15, 0.2) is 54.9 Å². The van der Waals surface area contributed by atoms with Crippen LogP contribution in [0.5, 0.6) is 11.5 Å². The van der Waals surface area contributed by atoms with Gasteiger partial charge >= 0.3 is 5.97 Å². The number of hydrogen-bond donors (Lipinski definition) is 2. The summed E-state index contributed by atoms with van der Waals surface area (Å²) >= 11 is 0. The van der Waals surface area contributed by atoms with Gasteiger partial charge < -0.3 is 15.2 Å². The molecule has 0 saturated carbocycles. The first-order valence-electron chi connectivity index (χ1n) is 8.85. The standard InChI is InChI=1S/C20H18N4O6/c1-12-4-3-5-17(6-12)30-18-8-15(7-16(9-18)24(28)29)22-19(25)13(2)23-11-14(10-21-23)20(26)27/h3-11,13H,1-2H3,(H,22,25)(H,26,27). The van der Waals surface area contributed by atoms with Crippen LogP contribution in [-0.2, 0) is 4.79 Å². The first-order chi connectivity index (χ1) is 14.2. The lowest BCUT2D eigenvalue weighted by Gasteiger charge is -2.14. The molecule has 1 unspecified atom stereocenters. The van der Waals surface area contributed by atoms with E-state index in [1.165, 1.54) is 36.0 Å². The molecule has 10 heteroatoms. The van der Waals surface area contributed by atoms with Gasteiger partial charge in [0.05, 0.1) is 28.4 Å². The van der Waals surface area contributed by atoms with Crippen molar-refractivity contribution in [1.29, 1.82) is 0 Å². The summed E-state index contributed by atoms with van der Waals surface area (Å²) in [4.78, 5) is 34.2. The highest BCUT2D eigenvalue weighted by Crippen LogP contribution is 2.30. The number of aromatic nitrogens is 2. The lowest BCUT2D eigenvalue weighted by Crippen LogP contribution is -2.24. The summed E-state index contributed by atoms with van der Waals surface area (Å²) in [6.45, 7) is 3.41. The van der Waals surface area contributed by atoms with Crippen molar-refractivity contribution in [2.75, 3.05) is 5.32 Å². The van der Waals surface area contributed by atoms with Gasteiger partial charge in [-0.1, -0.05) is 12.1 Å². The number of carboxylic acid groups (broad SMARTS) is 1. The Morgan fingerprint density at radius 3 is 2.63 bits per heavy atom.